The molecule has 2 heterocycles. The summed E-state index contributed by atoms with van der Waals surface area (Å²) in [5.41, 5.74) is 11.7. The van der Waals surface area contributed by atoms with E-state index >= 15 is 0 Å². The van der Waals surface area contributed by atoms with Crippen LogP contribution in [-0.2, 0) is 6.42 Å². The summed E-state index contributed by atoms with van der Waals surface area (Å²) in [5.74, 6) is 1.38. The summed E-state index contributed by atoms with van der Waals surface area (Å²) in [6.45, 7) is 4.21. The van der Waals surface area contributed by atoms with Gasteiger partial charge < -0.3 is 10.6 Å². The second-order valence-corrected chi connectivity index (χ2v) is 6.20. The van der Waals surface area contributed by atoms with Gasteiger partial charge in [0, 0.05) is 18.9 Å². The molecule has 4 rings (SSSR count). The molecule has 124 valence electrons. The van der Waals surface area contributed by atoms with Gasteiger partial charge in [-0.25, -0.2) is 4.98 Å². The minimum absolute atomic E-state index is 0.511. The smallest absolute Gasteiger partial charge is 0.149 e. The summed E-state index contributed by atoms with van der Waals surface area (Å²) in [7, 11) is 1.99. The number of fused-ring (bicyclic) bond motifs is 1. The van der Waals surface area contributed by atoms with E-state index in [1.807, 2.05) is 24.1 Å². The third-order valence-electron chi connectivity index (χ3n) is 4.61. The Kier molecular flexibility index (Phi) is 3.65. The zero-order chi connectivity index (χ0) is 17.4. The number of nitrogen functional groups attached to an aromatic ring is 1. The highest BCUT2D eigenvalue weighted by Crippen LogP contribution is 2.47. The zero-order valence-corrected chi connectivity index (χ0v) is 14.2. The minimum Gasteiger partial charge on any atom is -0.382 e. The van der Waals surface area contributed by atoms with Crippen molar-refractivity contribution in [2.75, 3.05) is 22.6 Å². The molecule has 0 bridgehead atoms. The van der Waals surface area contributed by atoms with E-state index in [0.717, 1.165) is 29.3 Å². The lowest BCUT2D eigenvalue weighted by molar-refractivity contribution is 1.09. The van der Waals surface area contributed by atoms with Gasteiger partial charge >= 0.3 is 0 Å². The molecule has 0 unspecified atom stereocenters. The van der Waals surface area contributed by atoms with Gasteiger partial charge in [-0.1, -0.05) is 49.0 Å². The van der Waals surface area contributed by atoms with Gasteiger partial charge in [-0.15, -0.1) is 0 Å². The van der Waals surface area contributed by atoms with E-state index in [1.165, 1.54) is 11.1 Å². The monoisotopic (exact) mass is 328 g/mol. The van der Waals surface area contributed by atoms with Crippen LogP contribution in [0.3, 0.4) is 0 Å². The molecule has 0 radical (unpaired) electrons. The van der Waals surface area contributed by atoms with Gasteiger partial charge in [0.1, 0.15) is 17.3 Å². The third-order valence-corrected chi connectivity index (χ3v) is 4.61. The first kappa shape index (κ1) is 15.3. The molecule has 1 aliphatic heterocycles. The summed E-state index contributed by atoms with van der Waals surface area (Å²) in [5, 5.41) is 0. The molecular weight excluding hydrogens is 308 g/mol. The second kappa shape index (κ2) is 5.98. The Hall–Kier alpha value is -3.27. The van der Waals surface area contributed by atoms with E-state index in [4.69, 9.17) is 5.73 Å². The van der Waals surface area contributed by atoms with Gasteiger partial charge in [-0.05, 0) is 35.7 Å². The van der Waals surface area contributed by atoms with Crippen LogP contribution in [0.25, 0.3) is 0 Å². The van der Waals surface area contributed by atoms with Crippen molar-refractivity contribution >= 4 is 22.9 Å². The summed E-state index contributed by atoms with van der Waals surface area (Å²) in [4.78, 5) is 8.33. The molecule has 1 aliphatic rings. The topological polar surface area (TPSA) is 45.4 Å². The number of rotatable bonds is 3. The highest BCUT2D eigenvalue weighted by molar-refractivity contribution is 5.93. The SMILES string of the molecule is C=C1N(C)c2ccnc(N)c2N1c1ccc(Cc2ccccc2)cc1. The first-order valence-corrected chi connectivity index (χ1v) is 8.25. The Morgan fingerprint density at radius 2 is 1.64 bits per heavy atom. The van der Waals surface area contributed by atoms with Crippen molar-refractivity contribution < 1.29 is 0 Å². The first-order valence-electron chi connectivity index (χ1n) is 8.25. The lowest BCUT2D eigenvalue weighted by Crippen LogP contribution is -2.20. The molecule has 0 saturated carbocycles. The van der Waals surface area contributed by atoms with Crippen molar-refractivity contribution in [3.8, 4) is 0 Å². The number of pyridine rings is 1. The fourth-order valence-electron chi connectivity index (χ4n) is 3.25. The normalized spacial score (nSPS) is 13.2. The molecule has 3 aromatic rings. The molecule has 25 heavy (non-hydrogen) atoms. The Morgan fingerprint density at radius 3 is 2.36 bits per heavy atom. The summed E-state index contributed by atoms with van der Waals surface area (Å²) >= 11 is 0. The van der Waals surface area contributed by atoms with Crippen molar-refractivity contribution in [3.05, 3.63) is 90.4 Å². The molecule has 2 N–H and O–H groups in total. The number of nitrogens with zero attached hydrogens (tertiary/aromatic N) is 3. The van der Waals surface area contributed by atoms with E-state index in [-0.39, 0.29) is 0 Å². The lowest BCUT2D eigenvalue weighted by Gasteiger charge is -2.22. The minimum atomic E-state index is 0.511. The van der Waals surface area contributed by atoms with Crippen molar-refractivity contribution in [2.45, 2.75) is 6.42 Å². The molecule has 0 atom stereocenters. The highest BCUT2D eigenvalue weighted by Gasteiger charge is 2.31. The van der Waals surface area contributed by atoms with Gasteiger partial charge in [0.05, 0.1) is 5.69 Å². The number of anilines is 4. The Balaban J connectivity index is 1.66. The Bertz CT molecular complexity index is 916. The summed E-state index contributed by atoms with van der Waals surface area (Å²) in [6, 6.07) is 21.0. The molecule has 0 spiro atoms. The van der Waals surface area contributed by atoms with Gasteiger partial charge in [0.25, 0.3) is 0 Å². The number of hydrogen-bond donors (Lipinski definition) is 1. The van der Waals surface area contributed by atoms with Crippen LogP contribution >= 0.6 is 0 Å². The van der Waals surface area contributed by atoms with Crippen LogP contribution in [0.1, 0.15) is 11.1 Å². The quantitative estimate of drug-likeness (QED) is 0.778. The van der Waals surface area contributed by atoms with Crippen molar-refractivity contribution in [1.29, 1.82) is 0 Å². The highest BCUT2D eigenvalue weighted by atomic mass is 15.4. The molecular formula is C21H20N4. The van der Waals surface area contributed by atoms with Crippen LogP contribution < -0.4 is 15.5 Å². The maximum absolute atomic E-state index is 6.14. The van der Waals surface area contributed by atoms with Crippen molar-refractivity contribution in [3.63, 3.8) is 0 Å². The summed E-state index contributed by atoms with van der Waals surface area (Å²) < 4.78 is 0. The van der Waals surface area contributed by atoms with E-state index in [2.05, 4.69) is 65.0 Å². The van der Waals surface area contributed by atoms with Crippen LogP contribution in [0.2, 0.25) is 0 Å². The van der Waals surface area contributed by atoms with Gasteiger partial charge in [-0.3, -0.25) is 4.90 Å². The van der Waals surface area contributed by atoms with E-state index in [1.54, 1.807) is 6.20 Å². The predicted molar refractivity (Wildman–Crippen MR) is 104 cm³/mol. The average Bonchev–Trinajstić information content (AvgIpc) is 2.89. The van der Waals surface area contributed by atoms with Gasteiger partial charge in [-0.2, -0.15) is 0 Å². The first-order chi connectivity index (χ1) is 12.1. The number of hydrogen-bond acceptors (Lipinski definition) is 4. The van der Waals surface area contributed by atoms with E-state index in [9.17, 15) is 0 Å². The third kappa shape index (κ3) is 2.62. The molecule has 0 fully saturated rings. The van der Waals surface area contributed by atoms with E-state index in [0.29, 0.717) is 5.82 Å². The van der Waals surface area contributed by atoms with Crippen LogP contribution in [0, 0.1) is 0 Å². The van der Waals surface area contributed by atoms with Crippen molar-refractivity contribution in [1.82, 2.24) is 4.98 Å². The molecule has 4 heteroatoms. The van der Waals surface area contributed by atoms with Crippen LogP contribution in [0.4, 0.5) is 22.9 Å². The molecule has 0 amide bonds. The van der Waals surface area contributed by atoms with Crippen LogP contribution in [0.15, 0.2) is 79.3 Å². The van der Waals surface area contributed by atoms with Crippen LogP contribution in [0.5, 0.6) is 0 Å². The predicted octanol–water partition coefficient (Wildman–Crippen LogP) is 4.31. The summed E-state index contributed by atoms with van der Waals surface area (Å²) in [6.07, 6.45) is 2.65. The maximum atomic E-state index is 6.14. The lowest BCUT2D eigenvalue weighted by atomic mass is 10.0. The molecule has 0 aliphatic carbocycles. The maximum Gasteiger partial charge on any atom is 0.149 e. The Morgan fingerprint density at radius 1 is 0.960 bits per heavy atom. The molecule has 1 aromatic heterocycles. The largest absolute Gasteiger partial charge is 0.382 e. The standard InChI is InChI=1S/C21H20N4/c1-15-24(2)19-12-13-23-21(22)20(19)25(15)18-10-8-17(9-11-18)14-16-6-4-3-5-7-16/h3-13H,1,14H2,2H3,(H2,22,23). The van der Waals surface area contributed by atoms with Crippen LogP contribution in [-0.4, -0.2) is 12.0 Å². The van der Waals surface area contributed by atoms with Gasteiger partial charge in [0.15, 0.2) is 0 Å². The Labute approximate surface area is 147 Å². The van der Waals surface area contributed by atoms with E-state index < -0.39 is 0 Å². The van der Waals surface area contributed by atoms with Crippen molar-refractivity contribution in [2.24, 2.45) is 0 Å². The molecule has 4 nitrogen and oxygen atoms in total. The number of nitrogens with two attached hydrogens (primary N) is 1. The molecule has 0 saturated heterocycles. The number of aromatic nitrogens is 1. The van der Waals surface area contributed by atoms with Gasteiger partial charge in [0.2, 0.25) is 0 Å². The average molecular weight is 328 g/mol. The number of benzene rings is 2. The zero-order valence-electron chi connectivity index (χ0n) is 14.2. The molecule has 2 aromatic carbocycles. The fourth-order valence-corrected chi connectivity index (χ4v) is 3.25. The second-order valence-electron chi connectivity index (χ2n) is 6.20. The fraction of sp³-hybridized carbons (Fsp3) is 0.0952.